The molecule has 1 aliphatic rings. The number of pyridine rings is 1. The fourth-order valence-corrected chi connectivity index (χ4v) is 5.56. The van der Waals surface area contributed by atoms with Crippen molar-refractivity contribution in [3.63, 3.8) is 0 Å². The molecule has 0 bridgehead atoms. The van der Waals surface area contributed by atoms with E-state index in [0.29, 0.717) is 31.2 Å². The number of aryl methyl sites for hydroxylation is 2. The van der Waals surface area contributed by atoms with E-state index >= 15 is 0 Å². The summed E-state index contributed by atoms with van der Waals surface area (Å²) in [5.41, 5.74) is 4.84. The monoisotopic (exact) mass is 540 g/mol. The number of anilines is 3. The topological polar surface area (TPSA) is 102 Å². The summed E-state index contributed by atoms with van der Waals surface area (Å²) in [6.45, 7) is 11.5. The summed E-state index contributed by atoms with van der Waals surface area (Å²) >= 11 is 3.29. The van der Waals surface area contributed by atoms with Crippen LogP contribution in [0.3, 0.4) is 0 Å². The van der Waals surface area contributed by atoms with E-state index < -0.39 is 6.09 Å². The van der Waals surface area contributed by atoms with Crippen molar-refractivity contribution in [3.05, 3.63) is 64.8 Å². The average Bonchev–Trinajstić information content (AvgIpc) is 3.38. The number of benzene rings is 1. The number of nitrogens with one attached hydrogen (secondary N) is 2. The average molecular weight is 541 g/mol. The summed E-state index contributed by atoms with van der Waals surface area (Å²) in [5, 5.41) is 15.8. The molecule has 0 atom stereocenters. The molecule has 0 aliphatic carbocycles. The van der Waals surface area contributed by atoms with E-state index in [9.17, 15) is 4.79 Å². The molecule has 2 aromatic heterocycles. The molecular formula is C26H32N6O3S2. The second-order valence-corrected chi connectivity index (χ2v) is 10.8. The van der Waals surface area contributed by atoms with Crippen molar-refractivity contribution in [2.75, 3.05) is 48.4 Å². The van der Waals surface area contributed by atoms with Crippen LogP contribution in [0.2, 0.25) is 0 Å². The predicted molar refractivity (Wildman–Crippen MR) is 150 cm³/mol. The molecule has 0 radical (unpaired) electrons. The summed E-state index contributed by atoms with van der Waals surface area (Å²) in [6.07, 6.45) is 1.92. The van der Waals surface area contributed by atoms with Crippen molar-refractivity contribution >= 4 is 46.4 Å². The number of thioether (sulfide) groups is 1. The molecule has 0 spiro atoms. The van der Waals surface area contributed by atoms with Crippen LogP contribution in [0.15, 0.2) is 47.3 Å². The van der Waals surface area contributed by atoms with Gasteiger partial charge in [-0.25, -0.2) is 9.78 Å². The zero-order valence-electron chi connectivity index (χ0n) is 21.2. The Kier molecular flexibility index (Phi) is 9.75. The highest BCUT2D eigenvalue weighted by Gasteiger charge is 2.15. The lowest BCUT2D eigenvalue weighted by Crippen LogP contribution is -2.36. The van der Waals surface area contributed by atoms with Crippen LogP contribution < -0.4 is 15.5 Å². The van der Waals surface area contributed by atoms with Gasteiger partial charge in [-0.05, 0) is 42.7 Å². The van der Waals surface area contributed by atoms with Gasteiger partial charge in [0.1, 0.15) is 17.4 Å². The van der Waals surface area contributed by atoms with Gasteiger partial charge in [0.25, 0.3) is 0 Å². The largest absolute Gasteiger partial charge is 0.445 e. The van der Waals surface area contributed by atoms with Crippen LogP contribution in [0, 0.1) is 6.92 Å². The molecule has 0 saturated carbocycles. The molecule has 1 fully saturated rings. The van der Waals surface area contributed by atoms with Gasteiger partial charge in [-0.2, -0.15) is 0 Å². The molecule has 1 aromatic carbocycles. The van der Waals surface area contributed by atoms with Crippen molar-refractivity contribution in [2.45, 2.75) is 36.9 Å². The highest BCUT2D eigenvalue weighted by Crippen LogP contribution is 2.29. The summed E-state index contributed by atoms with van der Waals surface area (Å²) < 4.78 is 11.5. The molecule has 3 aromatic rings. The number of ether oxygens (including phenoxy) is 2. The highest BCUT2D eigenvalue weighted by atomic mass is 32.2. The SMILES string of the molecule is C=CCOC(=O)Nc1cc(C)cc(CNc2cc(N3CCOCC3)cc(CSc3nnc(CC)s3)n2)c1. The maximum atomic E-state index is 12.0. The van der Waals surface area contributed by atoms with Crippen LogP contribution in [0.1, 0.15) is 28.8 Å². The number of nitrogens with zero attached hydrogens (tertiary/aromatic N) is 4. The lowest BCUT2D eigenvalue weighted by molar-refractivity contribution is 0.122. The quantitative estimate of drug-likeness (QED) is 0.248. The second kappa shape index (κ2) is 13.4. The van der Waals surface area contributed by atoms with E-state index in [2.05, 4.69) is 57.4 Å². The normalized spacial score (nSPS) is 13.3. The molecule has 3 heterocycles. The molecule has 1 saturated heterocycles. The molecular weight excluding hydrogens is 508 g/mol. The lowest BCUT2D eigenvalue weighted by Gasteiger charge is -2.29. The third-order valence-electron chi connectivity index (χ3n) is 5.52. The van der Waals surface area contributed by atoms with Crippen LogP contribution in [-0.4, -0.2) is 54.2 Å². The van der Waals surface area contributed by atoms with Crippen molar-refractivity contribution in [1.82, 2.24) is 15.2 Å². The molecule has 2 N–H and O–H groups in total. The molecule has 0 unspecified atom stereocenters. The Balaban J connectivity index is 1.48. The van der Waals surface area contributed by atoms with E-state index in [1.165, 1.54) is 6.08 Å². The van der Waals surface area contributed by atoms with Crippen LogP contribution in [0.5, 0.6) is 0 Å². The van der Waals surface area contributed by atoms with Crippen LogP contribution in [-0.2, 0) is 28.2 Å². The highest BCUT2D eigenvalue weighted by molar-refractivity contribution is 8.00. The lowest BCUT2D eigenvalue weighted by atomic mass is 10.1. The van der Waals surface area contributed by atoms with E-state index in [-0.39, 0.29) is 6.61 Å². The van der Waals surface area contributed by atoms with Crippen LogP contribution in [0.4, 0.5) is 22.0 Å². The van der Waals surface area contributed by atoms with Crippen LogP contribution in [0.25, 0.3) is 0 Å². The Morgan fingerprint density at radius 1 is 1.24 bits per heavy atom. The van der Waals surface area contributed by atoms with E-state index in [1.54, 1.807) is 23.1 Å². The first kappa shape index (κ1) is 26.9. The van der Waals surface area contributed by atoms with Gasteiger partial charge in [-0.3, -0.25) is 5.32 Å². The van der Waals surface area contributed by atoms with Gasteiger partial charge in [0, 0.05) is 42.8 Å². The summed E-state index contributed by atoms with van der Waals surface area (Å²) in [4.78, 5) is 19.2. The minimum Gasteiger partial charge on any atom is -0.445 e. The van der Waals surface area contributed by atoms with Crippen molar-refractivity contribution < 1.29 is 14.3 Å². The van der Waals surface area contributed by atoms with E-state index in [1.807, 2.05) is 19.1 Å². The number of carbonyl (C=O) groups excluding carboxylic acids is 1. The molecule has 4 rings (SSSR count). The van der Waals surface area contributed by atoms with Gasteiger partial charge >= 0.3 is 6.09 Å². The second-order valence-electron chi connectivity index (χ2n) is 8.48. The summed E-state index contributed by atoms with van der Waals surface area (Å²) in [6, 6.07) is 10.1. The van der Waals surface area contributed by atoms with E-state index in [0.717, 1.165) is 57.2 Å². The van der Waals surface area contributed by atoms with Crippen molar-refractivity contribution in [3.8, 4) is 0 Å². The molecule has 196 valence electrons. The van der Waals surface area contributed by atoms with Gasteiger partial charge in [0.05, 0.1) is 18.9 Å². The Hall–Kier alpha value is -3.15. The Morgan fingerprint density at radius 3 is 2.84 bits per heavy atom. The maximum Gasteiger partial charge on any atom is 0.411 e. The van der Waals surface area contributed by atoms with Crippen molar-refractivity contribution in [2.24, 2.45) is 0 Å². The number of morpholine rings is 1. The standard InChI is InChI=1S/C26H32N6O3S2/c1-4-8-35-25(33)29-20-12-18(3)11-19(13-20)16-27-23-15-22(32-6-9-34-10-7-32)14-21(28-23)17-36-26-31-30-24(5-2)37-26/h4,11-15H,1,5-10,16-17H2,2-3H3,(H,27,28)(H,29,33). The molecule has 11 heteroatoms. The molecule has 1 aliphatic heterocycles. The van der Waals surface area contributed by atoms with Crippen molar-refractivity contribution in [1.29, 1.82) is 0 Å². The fraction of sp³-hybridized carbons (Fsp3) is 0.385. The zero-order chi connectivity index (χ0) is 26.0. The summed E-state index contributed by atoms with van der Waals surface area (Å²) in [5.74, 6) is 1.50. The maximum absolute atomic E-state index is 12.0. The minimum atomic E-state index is -0.507. The van der Waals surface area contributed by atoms with Gasteiger partial charge in [-0.1, -0.05) is 48.7 Å². The van der Waals surface area contributed by atoms with Crippen LogP contribution >= 0.6 is 23.1 Å². The number of carbonyl (C=O) groups is 1. The molecule has 1 amide bonds. The van der Waals surface area contributed by atoms with Gasteiger partial charge in [0.2, 0.25) is 0 Å². The molecule has 9 nitrogen and oxygen atoms in total. The number of amides is 1. The minimum absolute atomic E-state index is 0.163. The number of rotatable bonds is 11. The Bertz CT molecular complexity index is 1210. The summed E-state index contributed by atoms with van der Waals surface area (Å²) in [7, 11) is 0. The number of hydrogen-bond acceptors (Lipinski definition) is 10. The Labute approximate surface area is 225 Å². The first-order valence-corrected chi connectivity index (χ1v) is 14.0. The third kappa shape index (κ3) is 8.17. The first-order valence-electron chi connectivity index (χ1n) is 12.2. The number of hydrogen-bond donors (Lipinski definition) is 2. The van der Waals surface area contributed by atoms with E-state index in [4.69, 9.17) is 14.5 Å². The zero-order valence-corrected chi connectivity index (χ0v) is 22.8. The predicted octanol–water partition coefficient (Wildman–Crippen LogP) is 5.28. The fourth-order valence-electron chi connectivity index (χ4n) is 3.83. The van der Waals surface area contributed by atoms with Gasteiger partial charge in [-0.15, -0.1) is 10.2 Å². The number of aromatic nitrogens is 3. The Morgan fingerprint density at radius 2 is 2.08 bits per heavy atom. The molecule has 37 heavy (non-hydrogen) atoms. The third-order valence-corrected chi connectivity index (χ3v) is 7.76. The van der Waals surface area contributed by atoms with Gasteiger partial charge in [0.15, 0.2) is 4.34 Å². The first-order chi connectivity index (χ1) is 18.0. The van der Waals surface area contributed by atoms with Gasteiger partial charge < -0.3 is 19.7 Å². The smallest absolute Gasteiger partial charge is 0.411 e.